The normalized spacial score (nSPS) is 9.92. The second-order valence-electron chi connectivity index (χ2n) is 5.02. The van der Waals surface area contributed by atoms with Crippen molar-refractivity contribution in [2.45, 2.75) is 13.8 Å². The molecule has 0 saturated carbocycles. The van der Waals surface area contributed by atoms with Gasteiger partial charge in [0.15, 0.2) is 5.57 Å². The summed E-state index contributed by atoms with van der Waals surface area (Å²) in [5, 5.41) is 2.67. The van der Waals surface area contributed by atoms with E-state index in [0.29, 0.717) is 5.56 Å². The lowest BCUT2D eigenvalue weighted by Gasteiger charge is -2.08. The summed E-state index contributed by atoms with van der Waals surface area (Å²) in [7, 11) is 0. The van der Waals surface area contributed by atoms with Crippen molar-refractivity contribution in [2.75, 3.05) is 18.5 Å². The van der Waals surface area contributed by atoms with Crippen molar-refractivity contribution in [3.8, 4) is 11.1 Å². The Bertz CT molecular complexity index is 839. The number of H-pyrrole nitrogens is 1. The molecule has 0 atom stereocenters. The maximum atomic E-state index is 12.0. The van der Waals surface area contributed by atoms with Gasteiger partial charge in [-0.1, -0.05) is 6.07 Å². The Morgan fingerprint density at radius 1 is 1.19 bits per heavy atom. The number of nitrogens with one attached hydrogen (secondary N) is 2. The van der Waals surface area contributed by atoms with Gasteiger partial charge in [-0.05, 0) is 26.0 Å². The van der Waals surface area contributed by atoms with Gasteiger partial charge in [0, 0.05) is 35.9 Å². The van der Waals surface area contributed by atoms with E-state index >= 15 is 0 Å². The van der Waals surface area contributed by atoms with Crippen molar-refractivity contribution in [3.05, 3.63) is 58.9 Å². The molecule has 8 heteroatoms. The highest BCUT2D eigenvalue weighted by molar-refractivity contribution is 6.14. The fourth-order valence-electron chi connectivity index (χ4n) is 2.06. The zero-order chi connectivity index (χ0) is 18.9. The number of aromatic nitrogens is 2. The average molecular weight is 357 g/mol. The molecule has 0 aliphatic carbocycles. The number of aromatic amines is 1. The fourth-order valence-corrected chi connectivity index (χ4v) is 2.06. The summed E-state index contributed by atoms with van der Waals surface area (Å²) in [6.45, 7) is 3.45. The van der Waals surface area contributed by atoms with Gasteiger partial charge >= 0.3 is 11.9 Å². The molecule has 2 aromatic heterocycles. The first-order valence-electron chi connectivity index (χ1n) is 8.00. The van der Waals surface area contributed by atoms with Crippen LogP contribution in [0, 0.1) is 0 Å². The lowest BCUT2D eigenvalue weighted by atomic mass is 10.1. The van der Waals surface area contributed by atoms with Crippen LogP contribution in [0.15, 0.2) is 53.4 Å². The summed E-state index contributed by atoms with van der Waals surface area (Å²) in [6.07, 6.45) is 5.94. The standard InChI is InChI=1S/C18H19N3O5/c1-3-25-17(23)14(18(24)26-4-2)11-20-15-8-13(10-21-16(15)22)12-6-5-7-19-9-12/h5-11,20H,3-4H2,1-2H3,(H,21,22). The molecule has 2 N–H and O–H groups in total. The third kappa shape index (κ3) is 4.79. The molecule has 136 valence electrons. The van der Waals surface area contributed by atoms with E-state index < -0.39 is 17.5 Å². The SMILES string of the molecule is CCOC(=O)C(=CNc1cc(-c2cccnc2)c[nH]c1=O)C(=O)OCC. The number of hydrogen-bond donors (Lipinski definition) is 2. The van der Waals surface area contributed by atoms with Crippen LogP contribution in [-0.2, 0) is 19.1 Å². The van der Waals surface area contributed by atoms with Gasteiger partial charge in [-0.2, -0.15) is 0 Å². The van der Waals surface area contributed by atoms with Gasteiger partial charge in [0.2, 0.25) is 0 Å². The number of nitrogens with zero attached hydrogens (tertiary/aromatic N) is 1. The summed E-state index contributed by atoms with van der Waals surface area (Å²) in [5.41, 5.74) is 0.910. The first-order chi connectivity index (χ1) is 12.6. The molecule has 0 amide bonds. The largest absolute Gasteiger partial charge is 0.462 e. The fraction of sp³-hybridized carbons (Fsp3) is 0.222. The minimum Gasteiger partial charge on any atom is -0.462 e. The summed E-state index contributed by atoms with van der Waals surface area (Å²) < 4.78 is 9.68. The molecule has 0 unspecified atom stereocenters. The predicted octanol–water partition coefficient (Wildman–Crippen LogP) is 1.86. The van der Waals surface area contributed by atoms with Gasteiger partial charge in [-0.15, -0.1) is 0 Å². The van der Waals surface area contributed by atoms with Crippen LogP contribution in [0.1, 0.15) is 13.8 Å². The summed E-state index contributed by atoms with van der Waals surface area (Å²) >= 11 is 0. The monoisotopic (exact) mass is 357 g/mol. The summed E-state index contributed by atoms with van der Waals surface area (Å²) in [5.74, 6) is -1.67. The highest BCUT2D eigenvalue weighted by atomic mass is 16.6. The zero-order valence-electron chi connectivity index (χ0n) is 14.4. The Morgan fingerprint density at radius 2 is 1.88 bits per heavy atom. The van der Waals surface area contributed by atoms with E-state index in [1.807, 2.05) is 6.07 Å². The molecule has 2 aromatic rings. The van der Waals surface area contributed by atoms with E-state index in [1.165, 1.54) is 0 Å². The van der Waals surface area contributed by atoms with Gasteiger partial charge in [0.05, 0.1) is 13.2 Å². The summed E-state index contributed by atoms with van der Waals surface area (Å²) in [4.78, 5) is 42.5. The molecule has 2 rings (SSSR count). The quantitative estimate of drug-likeness (QED) is 0.337. The van der Waals surface area contributed by atoms with E-state index in [4.69, 9.17) is 9.47 Å². The van der Waals surface area contributed by atoms with E-state index in [-0.39, 0.29) is 24.5 Å². The van der Waals surface area contributed by atoms with Crippen LogP contribution in [0.2, 0.25) is 0 Å². The van der Waals surface area contributed by atoms with Crippen LogP contribution in [-0.4, -0.2) is 35.1 Å². The Hall–Kier alpha value is -3.42. The molecule has 0 fully saturated rings. The van der Waals surface area contributed by atoms with Crippen LogP contribution in [0.25, 0.3) is 11.1 Å². The van der Waals surface area contributed by atoms with E-state index in [1.54, 1.807) is 44.6 Å². The second-order valence-corrected chi connectivity index (χ2v) is 5.02. The Balaban J connectivity index is 2.32. The first-order valence-corrected chi connectivity index (χ1v) is 8.00. The number of ether oxygens (including phenoxy) is 2. The number of rotatable bonds is 7. The topological polar surface area (TPSA) is 110 Å². The smallest absolute Gasteiger partial charge is 0.347 e. The minimum atomic E-state index is -0.835. The van der Waals surface area contributed by atoms with Crippen molar-refractivity contribution in [1.82, 2.24) is 9.97 Å². The number of pyridine rings is 2. The van der Waals surface area contributed by atoms with E-state index in [0.717, 1.165) is 11.8 Å². The number of carbonyl (C=O) groups excluding carboxylic acids is 2. The van der Waals surface area contributed by atoms with Gasteiger partial charge in [0.25, 0.3) is 5.56 Å². The minimum absolute atomic E-state index is 0.104. The third-order valence-corrected chi connectivity index (χ3v) is 3.26. The van der Waals surface area contributed by atoms with Crippen LogP contribution in [0.3, 0.4) is 0 Å². The Labute approximate surface area is 149 Å². The van der Waals surface area contributed by atoms with Crippen LogP contribution in [0.5, 0.6) is 0 Å². The van der Waals surface area contributed by atoms with Crippen LogP contribution < -0.4 is 10.9 Å². The van der Waals surface area contributed by atoms with Gasteiger partial charge < -0.3 is 19.8 Å². The maximum Gasteiger partial charge on any atom is 0.347 e. The Morgan fingerprint density at radius 3 is 2.46 bits per heavy atom. The third-order valence-electron chi connectivity index (χ3n) is 3.26. The molecular weight excluding hydrogens is 338 g/mol. The second kappa shape index (κ2) is 9.16. The van der Waals surface area contributed by atoms with Crippen molar-refractivity contribution in [2.24, 2.45) is 0 Å². The lowest BCUT2D eigenvalue weighted by Crippen LogP contribution is -2.20. The molecule has 0 bridgehead atoms. The molecular formula is C18H19N3O5. The van der Waals surface area contributed by atoms with Crippen LogP contribution in [0.4, 0.5) is 5.69 Å². The number of hydrogen-bond acceptors (Lipinski definition) is 7. The predicted molar refractivity (Wildman–Crippen MR) is 95.3 cm³/mol. The molecule has 0 aliphatic heterocycles. The first kappa shape index (κ1) is 18.9. The highest BCUT2D eigenvalue weighted by Crippen LogP contribution is 2.18. The molecule has 0 aliphatic rings. The molecule has 2 heterocycles. The zero-order valence-corrected chi connectivity index (χ0v) is 14.4. The molecule has 0 spiro atoms. The molecule has 0 aromatic carbocycles. The number of esters is 2. The van der Waals surface area contributed by atoms with Crippen molar-refractivity contribution in [1.29, 1.82) is 0 Å². The lowest BCUT2D eigenvalue weighted by molar-refractivity contribution is -0.146. The molecule has 0 saturated heterocycles. The average Bonchev–Trinajstić information content (AvgIpc) is 2.64. The van der Waals surface area contributed by atoms with E-state index in [9.17, 15) is 14.4 Å². The van der Waals surface area contributed by atoms with Gasteiger partial charge in [0.1, 0.15) is 5.69 Å². The van der Waals surface area contributed by atoms with Gasteiger partial charge in [-0.25, -0.2) is 9.59 Å². The number of carbonyl (C=O) groups is 2. The van der Waals surface area contributed by atoms with Crippen molar-refractivity contribution < 1.29 is 19.1 Å². The molecule has 8 nitrogen and oxygen atoms in total. The summed E-state index contributed by atoms with van der Waals surface area (Å²) in [6, 6.07) is 5.19. The number of anilines is 1. The van der Waals surface area contributed by atoms with Crippen molar-refractivity contribution >= 4 is 17.6 Å². The highest BCUT2D eigenvalue weighted by Gasteiger charge is 2.21. The van der Waals surface area contributed by atoms with Crippen molar-refractivity contribution in [3.63, 3.8) is 0 Å². The van der Waals surface area contributed by atoms with Gasteiger partial charge in [-0.3, -0.25) is 9.78 Å². The van der Waals surface area contributed by atoms with E-state index in [2.05, 4.69) is 15.3 Å². The Kier molecular flexibility index (Phi) is 6.67. The molecule has 0 radical (unpaired) electrons. The van der Waals surface area contributed by atoms with Crippen LogP contribution >= 0.6 is 0 Å². The maximum absolute atomic E-state index is 12.0. The molecule has 26 heavy (non-hydrogen) atoms.